The number of thiazole rings is 1. The van der Waals surface area contributed by atoms with Crippen molar-refractivity contribution in [1.29, 1.82) is 0 Å². The molecular weight excluding hydrogens is 434 g/mol. The molecule has 0 bridgehead atoms. The van der Waals surface area contributed by atoms with Crippen molar-refractivity contribution < 1.29 is 0 Å². The van der Waals surface area contributed by atoms with Crippen LogP contribution in [0, 0.1) is 13.8 Å². The zero-order chi connectivity index (χ0) is 19.4. The van der Waals surface area contributed by atoms with E-state index < -0.39 is 0 Å². The van der Waals surface area contributed by atoms with Crippen LogP contribution in [0.5, 0.6) is 0 Å². The Morgan fingerprint density at radius 1 is 1.07 bits per heavy atom. The maximum atomic E-state index is 13.0. The maximum Gasteiger partial charge on any atom is 0.274 e. The zero-order valence-electron chi connectivity index (χ0n) is 15.3. The predicted octanol–water partition coefficient (Wildman–Crippen LogP) is 4.63. The number of imidazole rings is 1. The van der Waals surface area contributed by atoms with Gasteiger partial charge in [-0.25, -0.2) is 9.38 Å². The first-order chi connectivity index (χ1) is 13.5. The van der Waals surface area contributed by atoms with Crippen molar-refractivity contribution in [2.24, 2.45) is 0 Å². The van der Waals surface area contributed by atoms with Crippen LogP contribution >= 0.6 is 27.3 Å². The Morgan fingerprint density at radius 3 is 2.61 bits per heavy atom. The summed E-state index contributed by atoms with van der Waals surface area (Å²) < 4.78 is 5.66. The minimum absolute atomic E-state index is 0.0119. The lowest BCUT2D eigenvalue weighted by atomic mass is 10.2. The van der Waals surface area contributed by atoms with Crippen LogP contribution < -0.4 is 10.1 Å². The number of fused-ring (bicyclic) bond motifs is 3. The van der Waals surface area contributed by atoms with Crippen LogP contribution in [0.2, 0.25) is 0 Å². The van der Waals surface area contributed by atoms with E-state index in [-0.39, 0.29) is 5.56 Å². The second kappa shape index (κ2) is 6.43. The van der Waals surface area contributed by atoms with Crippen LogP contribution in [0.4, 0.5) is 0 Å². The first-order valence-electron chi connectivity index (χ1n) is 8.89. The molecule has 0 saturated heterocycles. The molecule has 0 radical (unpaired) electrons. The Labute approximate surface area is 173 Å². The van der Waals surface area contributed by atoms with E-state index in [1.165, 1.54) is 11.3 Å². The predicted molar refractivity (Wildman–Crippen MR) is 119 cm³/mol. The van der Waals surface area contributed by atoms with Crippen molar-refractivity contribution in [3.63, 3.8) is 0 Å². The first-order valence-corrected chi connectivity index (χ1v) is 10.5. The van der Waals surface area contributed by atoms with Crippen LogP contribution in [0.15, 0.2) is 63.9 Å². The third-order valence-electron chi connectivity index (χ3n) is 4.99. The van der Waals surface area contributed by atoms with Crippen molar-refractivity contribution >= 4 is 49.3 Å². The number of aryl methyl sites for hydroxylation is 1. The summed E-state index contributed by atoms with van der Waals surface area (Å²) in [5, 5.41) is 0. The Balaban J connectivity index is 1.70. The largest absolute Gasteiger partial charge is 0.318 e. The van der Waals surface area contributed by atoms with Gasteiger partial charge >= 0.3 is 0 Å². The third kappa shape index (κ3) is 2.64. The van der Waals surface area contributed by atoms with Crippen LogP contribution in [-0.4, -0.2) is 14.0 Å². The van der Waals surface area contributed by atoms with Crippen molar-refractivity contribution in [2.75, 3.05) is 0 Å². The molecule has 3 heterocycles. The average Bonchev–Trinajstić information content (AvgIpc) is 3.28. The summed E-state index contributed by atoms with van der Waals surface area (Å²) in [6, 6.07) is 18.1. The van der Waals surface area contributed by atoms with Crippen molar-refractivity contribution in [2.45, 2.75) is 13.8 Å². The molecule has 4 nitrogen and oxygen atoms in total. The smallest absolute Gasteiger partial charge is 0.274 e. The molecule has 0 aliphatic rings. The Hall–Kier alpha value is -2.70. The van der Waals surface area contributed by atoms with Gasteiger partial charge in [-0.3, -0.25) is 4.79 Å². The maximum absolute atomic E-state index is 13.0. The van der Waals surface area contributed by atoms with Gasteiger partial charge in [-0.2, -0.15) is 0 Å². The molecule has 0 fully saturated rings. The monoisotopic (exact) mass is 449 g/mol. The molecule has 0 aliphatic carbocycles. The van der Waals surface area contributed by atoms with E-state index in [2.05, 4.69) is 57.5 Å². The van der Waals surface area contributed by atoms with Gasteiger partial charge in [-0.15, -0.1) is 0 Å². The lowest BCUT2D eigenvalue weighted by Crippen LogP contribution is -2.22. The van der Waals surface area contributed by atoms with Crippen molar-refractivity contribution in [1.82, 2.24) is 14.0 Å². The fraction of sp³-hybridized carbons (Fsp3) is 0.0909. The molecule has 0 unspecified atom stereocenters. The highest BCUT2D eigenvalue weighted by Crippen LogP contribution is 2.23. The molecule has 138 valence electrons. The van der Waals surface area contributed by atoms with Crippen molar-refractivity contribution in [3.05, 3.63) is 90.9 Å². The molecule has 0 aliphatic heterocycles. The van der Waals surface area contributed by atoms with E-state index in [0.29, 0.717) is 4.53 Å². The highest BCUT2D eigenvalue weighted by atomic mass is 79.9. The quantitative estimate of drug-likeness (QED) is 0.394. The summed E-state index contributed by atoms with van der Waals surface area (Å²) in [7, 11) is 0. The third-order valence-corrected chi connectivity index (χ3v) is 6.48. The SMILES string of the molecule is Cc1cc(/C=c2\sc3nc4ccccc4n3c2=O)c(C)n1-c1ccc(Br)cc1. The van der Waals surface area contributed by atoms with Gasteiger partial charge in [-0.05, 0) is 68.0 Å². The molecule has 0 spiro atoms. The lowest BCUT2D eigenvalue weighted by molar-refractivity contribution is 0.964. The van der Waals surface area contributed by atoms with E-state index in [1.54, 1.807) is 4.40 Å². The zero-order valence-corrected chi connectivity index (χ0v) is 17.7. The van der Waals surface area contributed by atoms with Crippen LogP contribution in [-0.2, 0) is 0 Å². The highest BCUT2D eigenvalue weighted by Gasteiger charge is 2.13. The Morgan fingerprint density at radius 2 is 1.82 bits per heavy atom. The van der Waals surface area contributed by atoms with E-state index in [4.69, 9.17) is 0 Å². The first kappa shape index (κ1) is 17.4. The molecule has 3 aromatic heterocycles. The second-order valence-corrected chi connectivity index (χ2v) is 8.70. The minimum Gasteiger partial charge on any atom is -0.318 e. The molecule has 6 heteroatoms. The summed E-state index contributed by atoms with van der Waals surface area (Å²) in [5.41, 5.74) is 6.09. The number of benzene rings is 2. The summed E-state index contributed by atoms with van der Waals surface area (Å²) in [6.07, 6.45) is 1.98. The van der Waals surface area contributed by atoms with Gasteiger partial charge in [0.25, 0.3) is 5.56 Å². The van der Waals surface area contributed by atoms with Gasteiger partial charge in [0.15, 0.2) is 4.96 Å². The Kier molecular flexibility index (Phi) is 4.00. The fourth-order valence-electron chi connectivity index (χ4n) is 3.67. The van der Waals surface area contributed by atoms with E-state index >= 15 is 0 Å². The van der Waals surface area contributed by atoms with E-state index in [9.17, 15) is 4.79 Å². The molecular formula is C22H16BrN3OS. The summed E-state index contributed by atoms with van der Waals surface area (Å²) in [4.78, 5) is 18.3. The number of para-hydroxylation sites is 2. The Bertz CT molecular complexity index is 1460. The van der Waals surface area contributed by atoms with Crippen molar-refractivity contribution in [3.8, 4) is 5.69 Å². The summed E-state index contributed by atoms with van der Waals surface area (Å²) in [6.45, 7) is 4.17. The van der Waals surface area contributed by atoms with Gasteiger partial charge < -0.3 is 4.57 Å². The molecule has 0 amide bonds. The van der Waals surface area contributed by atoms with Crippen LogP contribution in [0.3, 0.4) is 0 Å². The summed E-state index contributed by atoms with van der Waals surface area (Å²) >= 11 is 4.92. The van der Waals surface area contributed by atoms with Gasteiger partial charge in [-0.1, -0.05) is 39.4 Å². The van der Waals surface area contributed by atoms with Gasteiger partial charge in [0.2, 0.25) is 0 Å². The normalized spacial score (nSPS) is 12.5. The van der Waals surface area contributed by atoms with E-state index in [1.807, 2.05) is 42.5 Å². The van der Waals surface area contributed by atoms with Gasteiger partial charge in [0.1, 0.15) is 0 Å². The average molecular weight is 450 g/mol. The van der Waals surface area contributed by atoms with Gasteiger partial charge in [0, 0.05) is 21.5 Å². The molecule has 2 aromatic carbocycles. The molecule has 0 atom stereocenters. The topological polar surface area (TPSA) is 39.3 Å². The summed E-state index contributed by atoms with van der Waals surface area (Å²) in [5.74, 6) is 0. The minimum atomic E-state index is -0.0119. The van der Waals surface area contributed by atoms with Crippen LogP contribution in [0.1, 0.15) is 17.0 Å². The van der Waals surface area contributed by atoms with Crippen LogP contribution in [0.25, 0.3) is 27.8 Å². The molecule has 5 aromatic rings. The number of hydrogen-bond donors (Lipinski definition) is 0. The molecule has 0 N–H and O–H groups in total. The number of halogens is 1. The number of nitrogens with zero attached hydrogens (tertiary/aromatic N) is 3. The number of aromatic nitrogens is 3. The number of rotatable bonds is 2. The lowest BCUT2D eigenvalue weighted by Gasteiger charge is -2.09. The molecule has 28 heavy (non-hydrogen) atoms. The van der Waals surface area contributed by atoms with E-state index in [0.717, 1.165) is 43.1 Å². The standard InChI is InChI=1S/C22H16BrN3OS/c1-13-11-15(14(2)25(13)17-9-7-16(23)8-10-17)12-20-21(27)26-19-6-4-3-5-18(19)24-22(26)28-20/h3-12H,1-2H3/b20-12-. The fourth-order valence-corrected chi connectivity index (χ4v) is 4.92. The highest BCUT2D eigenvalue weighted by molar-refractivity contribution is 9.10. The number of hydrogen-bond acceptors (Lipinski definition) is 3. The second-order valence-electron chi connectivity index (χ2n) is 6.77. The molecule has 0 saturated carbocycles. The molecule has 5 rings (SSSR count). The van der Waals surface area contributed by atoms with Gasteiger partial charge in [0.05, 0.1) is 15.6 Å².